The van der Waals surface area contributed by atoms with Gasteiger partial charge in [0.2, 0.25) is 0 Å². The number of phenolic OH excluding ortho intramolecular Hbond substituents is 1. The fourth-order valence-corrected chi connectivity index (χ4v) is 2.95. The van der Waals surface area contributed by atoms with Gasteiger partial charge < -0.3 is 14.3 Å². The largest absolute Gasteiger partial charge is 0.507 e. The minimum atomic E-state index is -0.474. The zero-order chi connectivity index (χ0) is 20.4. The fraction of sp³-hybridized carbons (Fsp3) is 0.0455. The van der Waals surface area contributed by atoms with Crippen molar-refractivity contribution in [1.29, 1.82) is 0 Å². The monoisotopic (exact) mass is 389 g/mol. The minimum absolute atomic E-state index is 0.00711. The summed E-state index contributed by atoms with van der Waals surface area (Å²) in [6.45, 7) is 0.131. The second kappa shape index (κ2) is 7.47. The van der Waals surface area contributed by atoms with Gasteiger partial charge >= 0.3 is 0 Å². The number of nitro groups is 1. The lowest BCUT2D eigenvalue weighted by Gasteiger charge is -2.09. The van der Waals surface area contributed by atoms with Gasteiger partial charge in [-0.25, -0.2) is 0 Å². The maximum absolute atomic E-state index is 12.5. The standard InChI is InChI=1S/C22H15NO6/c24-18-10-17(28-13-14-6-8-16(9-7-14)23(26)27)11-21-22(18)19(25)12-20(29-21)15-4-2-1-3-5-15/h1-12,24H,13H2. The van der Waals surface area contributed by atoms with Crippen molar-refractivity contribution >= 4 is 16.7 Å². The molecule has 0 saturated heterocycles. The van der Waals surface area contributed by atoms with Crippen molar-refractivity contribution in [3.05, 3.63) is 98.7 Å². The Balaban J connectivity index is 1.65. The molecule has 0 aliphatic heterocycles. The van der Waals surface area contributed by atoms with Crippen LogP contribution in [0.25, 0.3) is 22.3 Å². The van der Waals surface area contributed by atoms with Gasteiger partial charge in [-0.1, -0.05) is 30.3 Å². The molecule has 144 valence electrons. The Hall–Kier alpha value is -4.13. The zero-order valence-corrected chi connectivity index (χ0v) is 15.1. The number of hydrogen-bond acceptors (Lipinski definition) is 6. The van der Waals surface area contributed by atoms with E-state index >= 15 is 0 Å². The third-order valence-electron chi connectivity index (χ3n) is 4.39. The number of nitro benzene ring substituents is 1. The van der Waals surface area contributed by atoms with E-state index in [9.17, 15) is 20.0 Å². The Kier molecular flexibility index (Phi) is 4.70. The number of rotatable bonds is 5. The summed E-state index contributed by atoms with van der Waals surface area (Å²) in [6.07, 6.45) is 0. The van der Waals surface area contributed by atoms with Gasteiger partial charge in [0, 0.05) is 35.9 Å². The lowest BCUT2D eigenvalue weighted by molar-refractivity contribution is -0.384. The molecule has 4 rings (SSSR count). The van der Waals surface area contributed by atoms with Crippen LogP contribution in [-0.2, 0) is 6.61 Å². The first-order valence-corrected chi connectivity index (χ1v) is 8.74. The molecule has 1 N–H and O–H groups in total. The molecule has 29 heavy (non-hydrogen) atoms. The Morgan fingerprint density at radius 3 is 2.41 bits per heavy atom. The predicted molar refractivity (Wildman–Crippen MR) is 107 cm³/mol. The second-order valence-corrected chi connectivity index (χ2v) is 6.37. The summed E-state index contributed by atoms with van der Waals surface area (Å²) in [4.78, 5) is 22.7. The summed E-state index contributed by atoms with van der Waals surface area (Å²) >= 11 is 0. The van der Waals surface area contributed by atoms with Crippen LogP contribution < -0.4 is 10.2 Å². The third kappa shape index (κ3) is 3.79. The molecule has 3 aromatic carbocycles. The smallest absolute Gasteiger partial charge is 0.269 e. The number of phenols is 1. The third-order valence-corrected chi connectivity index (χ3v) is 4.39. The SMILES string of the molecule is O=c1cc(-c2ccccc2)oc2cc(OCc3ccc([N+](=O)[O-])cc3)cc(O)c12. The summed E-state index contributed by atoms with van der Waals surface area (Å²) in [7, 11) is 0. The van der Waals surface area contributed by atoms with Crippen molar-refractivity contribution in [2.24, 2.45) is 0 Å². The predicted octanol–water partition coefficient (Wildman–Crippen LogP) is 4.65. The first-order chi connectivity index (χ1) is 14.0. The molecule has 4 aromatic rings. The molecule has 1 heterocycles. The average molecular weight is 389 g/mol. The normalized spacial score (nSPS) is 10.8. The molecule has 0 fully saturated rings. The Morgan fingerprint density at radius 2 is 1.72 bits per heavy atom. The van der Waals surface area contributed by atoms with E-state index in [1.54, 1.807) is 12.1 Å². The number of non-ortho nitro benzene ring substituents is 1. The molecule has 7 heteroatoms. The number of nitrogens with zero attached hydrogens (tertiary/aromatic N) is 1. The van der Waals surface area contributed by atoms with Crippen LogP contribution >= 0.6 is 0 Å². The molecular formula is C22H15NO6. The topological polar surface area (TPSA) is 103 Å². The summed E-state index contributed by atoms with van der Waals surface area (Å²) in [5.74, 6) is 0.450. The maximum atomic E-state index is 12.5. The van der Waals surface area contributed by atoms with Crippen LogP contribution in [0.2, 0.25) is 0 Å². The van der Waals surface area contributed by atoms with Crippen molar-refractivity contribution in [3.63, 3.8) is 0 Å². The quantitative estimate of drug-likeness (QED) is 0.394. The van der Waals surface area contributed by atoms with Gasteiger partial charge in [-0.2, -0.15) is 0 Å². The number of hydrogen-bond donors (Lipinski definition) is 1. The van der Waals surface area contributed by atoms with E-state index in [-0.39, 0.29) is 34.4 Å². The van der Waals surface area contributed by atoms with E-state index in [4.69, 9.17) is 9.15 Å². The van der Waals surface area contributed by atoms with Gasteiger partial charge in [-0.05, 0) is 17.7 Å². The van der Waals surface area contributed by atoms with Crippen molar-refractivity contribution in [2.45, 2.75) is 6.61 Å². The highest BCUT2D eigenvalue weighted by Crippen LogP contribution is 2.31. The Morgan fingerprint density at radius 1 is 1.00 bits per heavy atom. The maximum Gasteiger partial charge on any atom is 0.269 e. The summed E-state index contributed by atoms with van der Waals surface area (Å²) in [6, 6.07) is 19.3. The molecule has 0 amide bonds. The van der Waals surface area contributed by atoms with Gasteiger partial charge in [-0.3, -0.25) is 14.9 Å². The first-order valence-electron chi connectivity index (χ1n) is 8.74. The van der Waals surface area contributed by atoms with Crippen molar-refractivity contribution < 1.29 is 19.2 Å². The molecule has 0 unspecified atom stereocenters. The van der Waals surface area contributed by atoms with Crippen LogP contribution in [0.15, 0.2) is 82.0 Å². The second-order valence-electron chi connectivity index (χ2n) is 6.37. The van der Waals surface area contributed by atoms with Crippen molar-refractivity contribution in [2.75, 3.05) is 0 Å². The number of benzene rings is 3. The van der Waals surface area contributed by atoms with Crippen LogP contribution in [0.3, 0.4) is 0 Å². The minimum Gasteiger partial charge on any atom is -0.507 e. The van der Waals surface area contributed by atoms with Crippen molar-refractivity contribution in [1.82, 2.24) is 0 Å². The van der Waals surface area contributed by atoms with Crippen molar-refractivity contribution in [3.8, 4) is 22.8 Å². The molecule has 0 spiro atoms. The summed E-state index contributed by atoms with van der Waals surface area (Å²) in [5, 5.41) is 21.1. The molecule has 0 aliphatic rings. The Labute approximate surface area is 164 Å². The highest BCUT2D eigenvalue weighted by molar-refractivity contribution is 5.86. The average Bonchev–Trinajstić information content (AvgIpc) is 2.72. The van der Waals surface area contributed by atoms with E-state index in [1.807, 2.05) is 30.3 Å². The highest BCUT2D eigenvalue weighted by Gasteiger charge is 2.13. The van der Waals surface area contributed by atoms with Crippen LogP contribution in [0.4, 0.5) is 5.69 Å². The van der Waals surface area contributed by atoms with Gasteiger partial charge in [0.05, 0.1) is 4.92 Å². The van der Waals surface area contributed by atoms with Gasteiger partial charge in [0.15, 0.2) is 5.43 Å². The Bertz CT molecular complexity index is 1250. The summed E-state index contributed by atoms with van der Waals surface area (Å²) < 4.78 is 11.5. The lowest BCUT2D eigenvalue weighted by Crippen LogP contribution is -2.02. The van der Waals surface area contributed by atoms with E-state index in [1.165, 1.54) is 30.3 Å². The fourth-order valence-electron chi connectivity index (χ4n) is 2.95. The van der Waals surface area contributed by atoms with E-state index in [2.05, 4.69) is 0 Å². The summed E-state index contributed by atoms with van der Waals surface area (Å²) in [5.41, 5.74) is 1.30. The van der Waals surface area contributed by atoms with E-state index in [0.29, 0.717) is 11.5 Å². The van der Waals surface area contributed by atoms with Gasteiger partial charge in [0.1, 0.15) is 34.8 Å². The zero-order valence-electron chi connectivity index (χ0n) is 15.1. The van der Waals surface area contributed by atoms with Crippen LogP contribution in [0.5, 0.6) is 11.5 Å². The molecule has 0 radical (unpaired) electrons. The number of aromatic hydroxyl groups is 1. The van der Waals surface area contributed by atoms with Crippen LogP contribution in [0.1, 0.15) is 5.56 Å². The molecule has 0 bridgehead atoms. The molecular weight excluding hydrogens is 374 g/mol. The highest BCUT2D eigenvalue weighted by atomic mass is 16.6. The van der Waals surface area contributed by atoms with Gasteiger partial charge in [0.25, 0.3) is 5.69 Å². The molecule has 7 nitrogen and oxygen atoms in total. The molecule has 0 saturated carbocycles. The number of fused-ring (bicyclic) bond motifs is 1. The molecule has 0 aliphatic carbocycles. The van der Waals surface area contributed by atoms with E-state index < -0.39 is 4.92 Å². The number of ether oxygens (including phenoxy) is 1. The van der Waals surface area contributed by atoms with E-state index in [0.717, 1.165) is 11.1 Å². The molecule has 1 aromatic heterocycles. The van der Waals surface area contributed by atoms with Crippen LogP contribution in [-0.4, -0.2) is 10.0 Å². The molecule has 0 atom stereocenters. The lowest BCUT2D eigenvalue weighted by atomic mass is 10.1. The van der Waals surface area contributed by atoms with Crippen LogP contribution in [0, 0.1) is 10.1 Å². The van der Waals surface area contributed by atoms with Gasteiger partial charge in [-0.15, -0.1) is 0 Å². The first kappa shape index (κ1) is 18.2.